The van der Waals surface area contributed by atoms with Gasteiger partial charge in [-0.3, -0.25) is 9.79 Å². The van der Waals surface area contributed by atoms with Gasteiger partial charge in [-0.2, -0.15) is 0 Å². The van der Waals surface area contributed by atoms with E-state index < -0.39 is 0 Å². The molecule has 152 valence electrons. The Labute approximate surface area is 188 Å². The highest BCUT2D eigenvalue weighted by atomic mass is 127. The van der Waals surface area contributed by atoms with Gasteiger partial charge in [0.25, 0.3) is 0 Å². The van der Waals surface area contributed by atoms with E-state index in [1.807, 2.05) is 14.1 Å². The van der Waals surface area contributed by atoms with Gasteiger partial charge in [0.15, 0.2) is 5.96 Å². The summed E-state index contributed by atoms with van der Waals surface area (Å²) in [6, 6.07) is 8.33. The summed E-state index contributed by atoms with van der Waals surface area (Å²) < 4.78 is 1.09. The van der Waals surface area contributed by atoms with Crippen LogP contribution < -0.4 is 11.1 Å². The fourth-order valence-corrected chi connectivity index (χ4v) is 3.58. The molecule has 1 fully saturated rings. The molecule has 3 N–H and O–H groups in total. The monoisotopic (exact) mass is 551 g/mol. The van der Waals surface area contributed by atoms with Crippen molar-refractivity contribution in [1.82, 2.24) is 15.1 Å². The number of hydrogen-bond donors (Lipinski definition) is 2. The molecule has 0 saturated carbocycles. The number of benzene rings is 1. The summed E-state index contributed by atoms with van der Waals surface area (Å²) in [5, 5.41) is 3.42. The number of hydrogen-bond acceptors (Lipinski definition) is 3. The molecule has 1 aromatic rings. The molecule has 1 unspecified atom stereocenters. The highest BCUT2D eigenvalue weighted by Gasteiger charge is 2.23. The summed E-state index contributed by atoms with van der Waals surface area (Å²) in [6.45, 7) is 4.49. The first-order valence-corrected chi connectivity index (χ1v) is 9.96. The third-order valence-electron chi connectivity index (χ3n) is 4.75. The van der Waals surface area contributed by atoms with Crippen LogP contribution in [0.3, 0.4) is 0 Å². The minimum Gasteiger partial charge on any atom is -0.369 e. The van der Waals surface area contributed by atoms with Gasteiger partial charge in [0.05, 0.1) is 5.92 Å². The number of carbonyl (C=O) groups is 1. The molecule has 8 heteroatoms. The maximum Gasteiger partial charge on any atom is 0.221 e. The van der Waals surface area contributed by atoms with Gasteiger partial charge in [0.1, 0.15) is 0 Å². The van der Waals surface area contributed by atoms with Crippen molar-refractivity contribution in [2.24, 2.45) is 16.6 Å². The number of aliphatic imine (C=N–C) groups is 1. The van der Waals surface area contributed by atoms with Crippen molar-refractivity contribution >= 4 is 51.8 Å². The zero-order chi connectivity index (χ0) is 18.9. The van der Waals surface area contributed by atoms with E-state index >= 15 is 0 Å². The minimum absolute atomic E-state index is 0. The number of primary amides is 1. The first-order chi connectivity index (χ1) is 12.5. The lowest BCUT2D eigenvalue weighted by Crippen LogP contribution is -2.43. The van der Waals surface area contributed by atoms with E-state index in [1.54, 1.807) is 0 Å². The number of likely N-dealkylation sites (tertiary alicyclic amines) is 1. The normalized spacial score (nSPS) is 17.9. The molecule has 1 aliphatic heterocycles. The first kappa shape index (κ1) is 24.2. The van der Waals surface area contributed by atoms with E-state index in [9.17, 15) is 4.79 Å². The van der Waals surface area contributed by atoms with Gasteiger partial charge in [-0.15, -0.1) is 24.0 Å². The van der Waals surface area contributed by atoms with Crippen LogP contribution in [-0.2, 0) is 11.3 Å². The van der Waals surface area contributed by atoms with Crippen molar-refractivity contribution in [1.29, 1.82) is 0 Å². The van der Waals surface area contributed by atoms with Crippen molar-refractivity contribution in [3.05, 3.63) is 34.3 Å². The van der Waals surface area contributed by atoms with Crippen LogP contribution in [0.5, 0.6) is 0 Å². The quantitative estimate of drug-likeness (QED) is 0.236. The predicted octanol–water partition coefficient (Wildman–Crippen LogP) is 2.66. The Kier molecular flexibility index (Phi) is 11.2. The van der Waals surface area contributed by atoms with E-state index in [0.717, 1.165) is 62.4 Å². The SMILES string of the molecule is CN=C(NCCCN1CCCC(C(N)=O)C1)N(C)Cc1ccc(Br)cc1.I. The summed E-state index contributed by atoms with van der Waals surface area (Å²) in [4.78, 5) is 20.2. The number of guanidine groups is 1. The number of rotatable bonds is 7. The van der Waals surface area contributed by atoms with Crippen LogP contribution in [0.4, 0.5) is 0 Å². The van der Waals surface area contributed by atoms with Crippen LogP contribution in [0.25, 0.3) is 0 Å². The van der Waals surface area contributed by atoms with Crippen LogP contribution in [-0.4, -0.2) is 61.9 Å². The molecule has 1 saturated heterocycles. The van der Waals surface area contributed by atoms with E-state index in [-0.39, 0.29) is 35.8 Å². The molecule has 1 atom stereocenters. The molecule has 0 aliphatic carbocycles. The third kappa shape index (κ3) is 8.35. The Hall–Kier alpha value is -0.870. The van der Waals surface area contributed by atoms with Crippen molar-refractivity contribution in [3.63, 3.8) is 0 Å². The average Bonchev–Trinajstić information content (AvgIpc) is 2.63. The highest BCUT2D eigenvalue weighted by Crippen LogP contribution is 2.16. The number of piperidine rings is 1. The lowest BCUT2D eigenvalue weighted by molar-refractivity contribution is -0.123. The number of carbonyl (C=O) groups excluding carboxylic acids is 1. The van der Waals surface area contributed by atoms with Gasteiger partial charge in [-0.05, 0) is 50.0 Å². The van der Waals surface area contributed by atoms with E-state index in [0.29, 0.717) is 0 Å². The Morgan fingerprint density at radius 2 is 2.11 bits per heavy atom. The van der Waals surface area contributed by atoms with Gasteiger partial charge in [0.2, 0.25) is 5.91 Å². The van der Waals surface area contributed by atoms with E-state index in [2.05, 4.69) is 60.3 Å². The number of amides is 1. The van der Waals surface area contributed by atoms with Gasteiger partial charge in [-0.1, -0.05) is 28.1 Å². The highest BCUT2D eigenvalue weighted by molar-refractivity contribution is 14.0. The zero-order valence-electron chi connectivity index (χ0n) is 16.2. The molecule has 0 bridgehead atoms. The van der Waals surface area contributed by atoms with Crippen molar-refractivity contribution in [2.45, 2.75) is 25.8 Å². The second-order valence-corrected chi connectivity index (χ2v) is 7.77. The van der Waals surface area contributed by atoms with Gasteiger partial charge in [-0.25, -0.2) is 0 Å². The number of nitrogens with two attached hydrogens (primary N) is 1. The number of halogens is 2. The van der Waals surface area contributed by atoms with E-state index in [4.69, 9.17) is 5.73 Å². The molecule has 2 rings (SSSR count). The van der Waals surface area contributed by atoms with Gasteiger partial charge < -0.3 is 20.9 Å². The molecule has 1 aliphatic rings. The molecule has 1 heterocycles. The average molecular weight is 552 g/mol. The Morgan fingerprint density at radius 1 is 1.41 bits per heavy atom. The van der Waals surface area contributed by atoms with Crippen LogP contribution in [0.1, 0.15) is 24.8 Å². The maximum atomic E-state index is 11.4. The number of nitrogens with zero attached hydrogens (tertiary/aromatic N) is 3. The standard InChI is InChI=1S/C19H30BrN5O.HI/c1-22-19(24(2)13-15-6-8-17(20)9-7-15)23-10-4-12-25-11-3-5-16(14-25)18(21)26;/h6-9,16H,3-5,10-14H2,1-2H3,(H2,21,26)(H,22,23);1H. The zero-order valence-corrected chi connectivity index (χ0v) is 20.1. The van der Waals surface area contributed by atoms with Crippen molar-refractivity contribution in [2.75, 3.05) is 40.3 Å². The van der Waals surface area contributed by atoms with Crippen LogP contribution in [0.15, 0.2) is 33.7 Å². The molecule has 0 spiro atoms. The first-order valence-electron chi connectivity index (χ1n) is 9.17. The topological polar surface area (TPSA) is 74.0 Å². The van der Waals surface area contributed by atoms with E-state index in [1.165, 1.54) is 5.56 Å². The smallest absolute Gasteiger partial charge is 0.221 e. The summed E-state index contributed by atoms with van der Waals surface area (Å²) >= 11 is 3.46. The molecule has 1 amide bonds. The summed E-state index contributed by atoms with van der Waals surface area (Å²) in [5.41, 5.74) is 6.69. The largest absolute Gasteiger partial charge is 0.369 e. The van der Waals surface area contributed by atoms with Crippen LogP contribution >= 0.6 is 39.9 Å². The Balaban J connectivity index is 0.00000364. The lowest BCUT2D eigenvalue weighted by atomic mass is 9.97. The van der Waals surface area contributed by atoms with Crippen molar-refractivity contribution in [3.8, 4) is 0 Å². The molecular formula is C19H31BrIN5O. The van der Waals surface area contributed by atoms with Gasteiger partial charge >= 0.3 is 0 Å². The Morgan fingerprint density at radius 3 is 2.74 bits per heavy atom. The Bertz CT molecular complexity index is 611. The number of nitrogens with one attached hydrogen (secondary N) is 1. The fourth-order valence-electron chi connectivity index (χ4n) is 3.32. The second-order valence-electron chi connectivity index (χ2n) is 6.85. The molecular weight excluding hydrogens is 521 g/mol. The summed E-state index contributed by atoms with van der Waals surface area (Å²) in [5.74, 6) is 0.742. The van der Waals surface area contributed by atoms with Crippen molar-refractivity contribution < 1.29 is 4.79 Å². The fraction of sp³-hybridized carbons (Fsp3) is 0.579. The lowest BCUT2D eigenvalue weighted by Gasteiger charge is -2.31. The van der Waals surface area contributed by atoms with Gasteiger partial charge in [0, 0.05) is 38.2 Å². The molecule has 1 aromatic carbocycles. The third-order valence-corrected chi connectivity index (χ3v) is 5.28. The summed E-state index contributed by atoms with van der Waals surface area (Å²) in [7, 11) is 3.85. The molecule has 6 nitrogen and oxygen atoms in total. The van der Waals surface area contributed by atoms with Crippen LogP contribution in [0.2, 0.25) is 0 Å². The molecule has 0 aromatic heterocycles. The molecule has 0 radical (unpaired) electrons. The minimum atomic E-state index is -0.164. The van der Waals surface area contributed by atoms with Crippen LogP contribution in [0, 0.1) is 5.92 Å². The molecule has 27 heavy (non-hydrogen) atoms. The predicted molar refractivity (Wildman–Crippen MR) is 125 cm³/mol. The summed E-state index contributed by atoms with van der Waals surface area (Å²) in [6.07, 6.45) is 2.99. The maximum absolute atomic E-state index is 11.4. The second kappa shape index (κ2) is 12.6.